The van der Waals surface area contributed by atoms with Crippen LogP contribution < -0.4 is 5.01 Å². The van der Waals surface area contributed by atoms with Gasteiger partial charge in [0.2, 0.25) is 5.91 Å². The van der Waals surface area contributed by atoms with Gasteiger partial charge < -0.3 is 0 Å². The third-order valence-corrected chi connectivity index (χ3v) is 3.11. The number of carbonyl (C=O) groups excluding carboxylic acids is 2. The third-order valence-electron chi connectivity index (χ3n) is 3.11. The molecule has 1 aromatic rings. The highest BCUT2D eigenvalue weighted by Crippen LogP contribution is 2.26. The average Bonchev–Trinajstić information content (AvgIpc) is 2.53. The van der Waals surface area contributed by atoms with Crippen molar-refractivity contribution in [2.75, 3.05) is 12.1 Å². The van der Waals surface area contributed by atoms with Crippen molar-refractivity contribution in [2.24, 2.45) is 0 Å². The van der Waals surface area contributed by atoms with E-state index < -0.39 is 0 Å². The van der Waals surface area contributed by atoms with E-state index >= 15 is 0 Å². The summed E-state index contributed by atoms with van der Waals surface area (Å²) in [7, 11) is 1.77. The van der Waals surface area contributed by atoms with E-state index in [9.17, 15) is 9.59 Å². The maximum absolute atomic E-state index is 11.6. The SMILES string of the molecule is CC(=O)c1ccc(N2C(C)CC(=O)N2C)cc1. The predicted octanol–water partition coefficient (Wildman–Crippen LogP) is 1.86. The first-order chi connectivity index (χ1) is 8.00. The fourth-order valence-corrected chi connectivity index (χ4v) is 2.16. The standard InChI is InChI=1S/C13H16N2O2/c1-9-8-13(17)14(3)15(9)12-6-4-11(5-7-12)10(2)16/h4-7,9H,8H2,1-3H3. The number of rotatable bonds is 2. The molecule has 1 atom stereocenters. The van der Waals surface area contributed by atoms with Crippen LogP contribution in [-0.2, 0) is 4.79 Å². The minimum absolute atomic E-state index is 0.0513. The van der Waals surface area contributed by atoms with Gasteiger partial charge in [0.1, 0.15) is 0 Å². The number of anilines is 1. The zero-order valence-electron chi connectivity index (χ0n) is 10.3. The minimum atomic E-state index is 0.0513. The summed E-state index contributed by atoms with van der Waals surface area (Å²) in [5.74, 6) is 0.170. The topological polar surface area (TPSA) is 40.6 Å². The van der Waals surface area contributed by atoms with Crippen molar-refractivity contribution >= 4 is 17.4 Å². The van der Waals surface area contributed by atoms with Crippen LogP contribution in [0.25, 0.3) is 0 Å². The Labute approximate surface area is 101 Å². The number of amides is 1. The first-order valence-corrected chi connectivity index (χ1v) is 5.67. The van der Waals surface area contributed by atoms with Crippen molar-refractivity contribution < 1.29 is 9.59 Å². The largest absolute Gasteiger partial charge is 0.295 e. The molecule has 1 aliphatic heterocycles. The summed E-state index contributed by atoms with van der Waals surface area (Å²) in [6, 6.07) is 7.50. The Morgan fingerprint density at radius 1 is 1.29 bits per heavy atom. The molecule has 0 N–H and O–H groups in total. The van der Waals surface area contributed by atoms with Crippen LogP contribution in [0.2, 0.25) is 0 Å². The average molecular weight is 232 g/mol. The van der Waals surface area contributed by atoms with Crippen molar-refractivity contribution in [2.45, 2.75) is 26.3 Å². The van der Waals surface area contributed by atoms with E-state index in [0.717, 1.165) is 5.69 Å². The van der Waals surface area contributed by atoms with E-state index in [1.807, 2.05) is 24.1 Å². The van der Waals surface area contributed by atoms with Crippen LogP contribution in [-0.4, -0.2) is 29.8 Å². The van der Waals surface area contributed by atoms with Crippen LogP contribution in [0.15, 0.2) is 24.3 Å². The maximum atomic E-state index is 11.6. The molecule has 0 spiro atoms. The number of ketones is 1. The van der Waals surface area contributed by atoms with Crippen molar-refractivity contribution in [1.82, 2.24) is 5.01 Å². The predicted molar refractivity (Wildman–Crippen MR) is 65.8 cm³/mol. The number of benzene rings is 1. The number of Topliss-reactive ketones (excluding diaryl/α,β-unsaturated/α-hetero) is 1. The van der Waals surface area contributed by atoms with E-state index in [0.29, 0.717) is 12.0 Å². The van der Waals surface area contributed by atoms with Crippen molar-refractivity contribution in [3.63, 3.8) is 0 Å². The Kier molecular flexibility index (Phi) is 2.88. The van der Waals surface area contributed by atoms with Gasteiger partial charge in [-0.25, -0.2) is 0 Å². The van der Waals surface area contributed by atoms with Gasteiger partial charge in [-0.2, -0.15) is 0 Å². The van der Waals surface area contributed by atoms with Gasteiger partial charge in [-0.05, 0) is 38.1 Å². The first-order valence-electron chi connectivity index (χ1n) is 5.67. The fraction of sp³-hybridized carbons (Fsp3) is 0.385. The van der Waals surface area contributed by atoms with Gasteiger partial charge >= 0.3 is 0 Å². The lowest BCUT2D eigenvalue weighted by Gasteiger charge is -2.29. The molecule has 1 heterocycles. The lowest BCUT2D eigenvalue weighted by Crippen LogP contribution is -2.38. The molecule has 1 aliphatic rings. The highest BCUT2D eigenvalue weighted by Gasteiger charge is 2.32. The minimum Gasteiger partial charge on any atom is -0.295 e. The monoisotopic (exact) mass is 232 g/mol. The summed E-state index contributed by atoms with van der Waals surface area (Å²) < 4.78 is 0. The Bertz CT molecular complexity index is 453. The van der Waals surface area contributed by atoms with Gasteiger partial charge in [-0.1, -0.05) is 0 Å². The maximum Gasteiger partial charge on any atom is 0.242 e. The summed E-state index contributed by atoms with van der Waals surface area (Å²) in [6.07, 6.45) is 0.533. The molecule has 17 heavy (non-hydrogen) atoms. The first kappa shape index (κ1) is 11.6. The van der Waals surface area contributed by atoms with Crippen molar-refractivity contribution in [1.29, 1.82) is 0 Å². The molecule has 1 aromatic carbocycles. The Morgan fingerprint density at radius 2 is 1.88 bits per heavy atom. The molecule has 0 bridgehead atoms. The number of hydrazine groups is 1. The van der Waals surface area contributed by atoms with Crippen LogP contribution in [0.5, 0.6) is 0 Å². The van der Waals surface area contributed by atoms with Gasteiger partial charge in [0.25, 0.3) is 0 Å². The van der Waals surface area contributed by atoms with Crippen LogP contribution >= 0.6 is 0 Å². The summed E-state index contributed by atoms with van der Waals surface area (Å²) in [5.41, 5.74) is 1.63. The molecule has 0 saturated carbocycles. The molecule has 0 aromatic heterocycles. The van der Waals surface area contributed by atoms with E-state index in [2.05, 4.69) is 0 Å². The molecule has 1 unspecified atom stereocenters. The van der Waals surface area contributed by atoms with Crippen LogP contribution in [0, 0.1) is 0 Å². The van der Waals surface area contributed by atoms with Crippen LogP contribution in [0.1, 0.15) is 30.6 Å². The van der Waals surface area contributed by atoms with E-state index in [1.54, 1.807) is 31.1 Å². The summed E-state index contributed by atoms with van der Waals surface area (Å²) in [5, 5.41) is 3.58. The molecule has 4 heteroatoms. The summed E-state index contributed by atoms with van der Waals surface area (Å²) in [6.45, 7) is 3.56. The lowest BCUT2D eigenvalue weighted by molar-refractivity contribution is -0.126. The number of nitrogens with zero attached hydrogens (tertiary/aromatic N) is 2. The second-order valence-corrected chi connectivity index (χ2v) is 4.42. The highest BCUT2D eigenvalue weighted by atomic mass is 16.2. The van der Waals surface area contributed by atoms with Gasteiger partial charge in [-0.15, -0.1) is 0 Å². The molecule has 2 rings (SSSR count). The molecular weight excluding hydrogens is 216 g/mol. The molecule has 1 fully saturated rings. The molecule has 1 amide bonds. The Balaban J connectivity index is 2.28. The van der Waals surface area contributed by atoms with Gasteiger partial charge in [-0.3, -0.25) is 19.6 Å². The lowest BCUT2D eigenvalue weighted by atomic mass is 10.1. The molecule has 0 radical (unpaired) electrons. The molecule has 4 nitrogen and oxygen atoms in total. The summed E-state index contributed by atoms with van der Waals surface area (Å²) >= 11 is 0. The Morgan fingerprint density at radius 3 is 2.29 bits per heavy atom. The molecule has 0 aliphatic carbocycles. The van der Waals surface area contributed by atoms with Gasteiger partial charge in [0.05, 0.1) is 18.2 Å². The van der Waals surface area contributed by atoms with Gasteiger partial charge in [0, 0.05) is 12.6 Å². The number of carbonyl (C=O) groups is 2. The van der Waals surface area contributed by atoms with Gasteiger partial charge in [0.15, 0.2) is 5.78 Å². The van der Waals surface area contributed by atoms with E-state index in [1.165, 1.54) is 0 Å². The van der Waals surface area contributed by atoms with Crippen molar-refractivity contribution in [3.05, 3.63) is 29.8 Å². The molecule has 1 saturated heterocycles. The van der Waals surface area contributed by atoms with Crippen molar-refractivity contribution in [3.8, 4) is 0 Å². The smallest absolute Gasteiger partial charge is 0.242 e. The number of hydrogen-bond acceptors (Lipinski definition) is 3. The molecular formula is C13H16N2O2. The fourth-order valence-electron chi connectivity index (χ4n) is 2.16. The Hall–Kier alpha value is -1.84. The second kappa shape index (κ2) is 4.20. The van der Waals surface area contributed by atoms with Crippen LogP contribution in [0.3, 0.4) is 0 Å². The summed E-state index contributed by atoms with van der Waals surface area (Å²) in [4.78, 5) is 22.8. The highest BCUT2D eigenvalue weighted by molar-refractivity contribution is 5.94. The van der Waals surface area contributed by atoms with E-state index in [-0.39, 0.29) is 17.7 Å². The van der Waals surface area contributed by atoms with E-state index in [4.69, 9.17) is 0 Å². The zero-order chi connectivity index (χ0) is 12.6. The van der Waals surface area contributed by atoms with Crippen LogP contribution in [0.4, 0.5) is 5.69 Å². The zero-order valence-corrected chi connectivity index (χ0v) is 10.3. The molecule has 90 valence electrons. The third kappa shape index (κ3) is 2.02. The normalized spacial score (nSPS) is 19.9. The second-order valence-electron chi connectivity index (χ2n) is 4.42. The number of hydrogen-bond donors (Lipinski definition) is 0. The quantitative estimate of drug-likeness (QED) is 0.731.